The zero-order chi connectivity index (χ0) is 29.1. The van der Waals surface area contributed by atoms with Gasteiger partial charge in [-0.25, -0.2) is 22.0 Å². The third kappa shape index (κ3) is 7.97. The fraction of sp³-hybridized carbons (Fsp3) is 0.636. The average molecular weight is 571 g/mol. The Balaban J connectivity index is 1.70. The molecule has 0 aromatic heterocycles. The van der Waals surface area contributed by atoms with Crippen molar-refractivity contribution in [1.82, 2.24) is 0 Å². The highest BCUT2D eigenvalue weighted by Crippen LogP contribution is 2.49. The van der Waals surface area contributed by atoms with Gasteiger partial charge < -0.3 is 4.74 Å². The van der Waals surface area contributed by atoms with E-state index in [9.17, 15) is 8.78 Å². The van der Waals surface area contributed by atoms with E-state index in [1.54, 1.807) is 0 Å². The van der Waals surface area contributed by atoms with Gasteiger partial charge in [0.15, 0.2) is 23.2 Å². The van der Waals surface area contributed by atoms with Crippen LogP contribution in [0.25, 0.3) is 11.1 Å². The first kappa shape index (κ1) is 32.3. The maximum Gasteiger partial charge on any atom is 0.279 e. The van der Waals surface area contributed by atoms with Crippen molar-refractivity contribution >= 4 is 0 Å². The van der Waals surface area contributed by atoms with E-state index in [1.165, 1.54) is 6.07 Å². The molecule has 2 aromatic rings. The summed E-state index contributed by atoms with van der Waals surface area (Å²) >= 11 is 0. The quantitative estimate of drug-likeness (QED) is 0.136. The number of ether oxygens (including phenoxy) is 1. The van der Waals surface area contributed by atoms with E-state index in [1.807, 2.05) is 0 Å². The highest BCUT2D eigenvalue weighted by molar-refractivity contribution is 5.68. The first-order valence-corrected chi connectivity index (χ1v) is 15.2. The van der Waals surface area contributed by atoms with Gasteiger partial charge in [0, 0.05) is 17.0 Å². The molecule has 40 heavy (non-hydrogen) atoms. The fourth-order valence-electron chi connectivity index (χ4n) is 5.74. The van der Waals surface area contributed by atoms with E-state index in [2.05, 4.69) is 13.8 Å². The third-order valence-corrected chi connectivity index (χ3v) is 8.15. The number of fused-ring (bicyclic) bond motifs is 1. The minimum Gasteiger partial charge on any atom is -0.490 e. The van der Waals surface area contributed by atoms with Gasteiger partial charge in [0.25, 0.3) is 5.92 Å². The van der Waals surface area contributed by atoms with Gasteiger partial charge in [-0.15, -0.1) is 0 Å². The van der Waals surface area contributed by atoms with Crippen LogP contribution in [-0.2, 0) is 12.3 Å². The zero-order valence-electron chi connectivity index (χ0n) is 24.0. The molecular formula is C33H44F6O. The average Bonchev–Trinajstić information content (AvgIpc) is 2.93. The summed E-state index contributed by atoms with van der Waals surface area (Å²) in [4.78, 5) is 0. The fourth-order valence-corrected chi connectivity index (χ4v) is 5.74. The summed E-state index contributed by atoms with van der Waals surface area (Å²) in [5.74, 6) is -10.9. The highest BCUT2D eigenvalue weighted by atomic mass is 19.3. The van der Waals surface area contributed by atoms with Crippen LogP contribution in [0.4, 0.5) is 26.3 Å². The lowest BCUT2D eigenvalue weighted by atomic mass is 9.77. The summed E-state index contributed by atoms with van der Waals surface area (Å²) in [5, 5.41) is 0. The topological polar surface area (TPSA) is 9.23 Å². The standard InChI is InChI=1S/C33H44F6O/c1-3-5-7-9-11-12-14-16-24-18-17-23-22-26(30(35)32(37)28(23)33(24,38)39)25-19-20-27(31(36)29(25)34)40-21-15-13-10-8-6-4-2/h19-20,22,24H,3-18,21H2,1-2H3. The minimum absolute atomic E-state index is 0.0575. The molecule has 2 aromatic carbocycles. The molecule has 1 atom stereocenters. The van der Waals surface area contributed by atoms with E-state index in [0.29, 0.717) is 12.8 Å². The Bertz CT molecular complexity index is 1080. The van der Waals surface area contributed by atoms with Crippen LogP contribution in [0.1, 0.15) is 121 Å². The molecule has 1 unspecified atom stereocenters. The van der Waals surface area contributed by atoms with Gasteiger partial charge in [0.05, 0.1) is 12.2 Å². The van der Waals surface area contributed by atoms with Crippen molar-refractivity contribution in [1.29, 1.82) is 0 Å². The Morgan fingerprint density at radius 1 is 0.700 bits per heavy atom. The Kier molecular flexibility index (Phi) is 12.7. The van der Waals surface area contributed by atoms with Crippen molar-refractivity contribution in [3.05, 3.63) is 52.6 Å². The highest BCUT2D eigenvalue weighted by Gasteiger charge is 2.48. The molecule has 0 aliphatic heterocycles. The molecular weight excluding hydrogens is 526 g/mol. The summed E-state index contributed by atoms with van der Waals surface area (Å²) in [6.07, 6.45) is 13.5. The lowest BCUT2D eigenvalue weighted by Crippen LogP contribution is -2.33. The normalized spacial score (nSPS) is 16.2. The van der Waals surface area contributed by atoms with E-state index in [4.69, 9.17) is 4.74 Å². The lowest BCUT2D eigenvalue weighted by molar-refractivity contribution is -0.0823. The Morgan fingerprint density at radius 2 is 1.27 bits per heavy atom. The summed E-state index contributed by atoms with van der Waals surface area (Å²) in [6.45, 7) is 4.46. The van der Waals surface area contributed by atoms with E-state index >= 15 is 17.6 Å². The molecule has 1 aliphatic carbocycles. The first-order chi connectivity index (χ1) is 19.2. The number of hydrogen-bond donors (Lipinski definition) is 0. The minimum atomic E-state index is -3.53. The third-order valence-electron chi connectivity index (χ3n) is 8.15. The predicted molar refractivity (Wildman–Crippen MR) is 149 cm³/mol. The Labute approximate surface area is 235 Å². The van der Waals surface area contributed by atoms with Crippen molar-refractivity contribution in [2.75, 3.05) is 6.61 Å². The molecule has 0 heterocycles. The molecule has 0 fully saturated rings. The Hall–Kier alpha value is -2.18. The van der Waals surface area contributed by atoms with Crippen molar-refractivity contribution in [3.63, 3.8) is 0 Å². The molecule has 3 rings (SSSR count). The van der Waals surface area contributed by atoms with Gasteiger partial charge >= 0.3 is 0 Å². The Morgan fingerprint density at radius 3 is 1.93 bits per heavy atom. The van der Waals surface area contributed by atoms with Crippen molar-refractivity contribution < 1.29 is 31.1 Å². The van der Waals surface area contributed by atoms with Crippen LogP contribution in [0.15, 0.2) is 18.2 Å². The van der Waals surface area contributed by atoms with Crippen molar-refractivity contribution in [2.24, 2.45) is 5.92 Å². The van der Waals surface area contributed by atoms with E-state index in [-0.39, 0.29) is 37.2 Å². The summed E-state index contributed by atoms with van der Waals surface area (Å²) in [6, 6.07) is 3.35. The van der Waals surface area contributed by atoms with Gasteiger partial charge in [-0.3, -0.25) is 0 Å². The van der Waals surface area contributed by atoms with E-state index < -0.39 is 51.8 Å². The molecule has 224 valence electrons. The summed E-state index contributed by atoms with van der Waals surface area (Å²) in [5.41, 5.74) is -2.07. The van der Waals surface area contributed by atoms with E-state index in [0.717, 1.165) is 82.8 Å². The lowest BCUT2D eigenvalue weighted by Gasteiger charge is -2.34. The molecule has 0 saturated carbocycles. The number of unbranched alkanes of at least 4 members (excludes halogenated alkanes) is 11. The van der Waals surface area contributed by atoms with Crippen LogP contribution in [0.3, 0.4) is 0 Å². The number of aryl methyl sites for hydroxylation is 1. The monoisotopic (exact) mass is 570 g/mol. The van der Waals surface area contributed by atoms with Gasteiger partial charge in [-0.2, -0.15) is 4.39 Å². The molecule has 0 radical (unpaired) electrons. The van der Waals surface area contributed by atoms with Crippen LogP contribution in [0.5, 0.6) is 5.75 Å². The first-order valence-electron chi connectivity index (χ1n) is 15.2. The van der Waals surface area contributed by atoms with Gasteiger partial charge in [-0.1, -0.05) is 90.9 Å². The number of halogens is 6. The molecule has 1 aliphatic rings. The van der Waals surface area contributed by atoms with Crippen LogP contribution < -0.4 is 4.74 Å². The maximum atomic E-state index is 15.4. The number of hydrogen-bond acceptors (Lipinski definition) is 1. The molecule has 0 amide bonds. The smallest absolute Gasteiger partial charge is 0.279 e. The van der Waals surface area contributed by atoms with Gasteiger partial charge in [0.1, 0.15) is 0 Å². The molecule has 7 heteroatoms. The number of alkyl halides is 2. The van der Waals surface area contributed by atoms with Crippen molar-refractivity contribution in [3.8, 4) is 16.9 Å². The van der Waals surface area contributed by atoms with Crippen LogP contribution in [0.2, 0.25) is 0 Å². The molecule has 0 bridgehead atoms. The second kappa shape index (κ2) is 15.7. The predicted octanol–water partition coefficient (Wildman–Crippen LogP) is 11.4. The summed E-state index contributed by atoms with van der Waals surface area (Å²) in [7, 11) is 0. The SMILES string of the molecule is CCCCCCCCCC1CCc2cc(-c3ccc(OCCCCCCCC)c(F)c3F)c(F)c(F)c2C1(F)F. The van der Waals surface area contributed by atoms with Crippen LogP contribution in [0, 0.1) is 29.2 Å². The second-order valence-corrected chi connectivity index (χ2v) is 11.2. The van der Waals surface area contributed by atoms with Gasteiger partial charge in [0.2, 0.25) is 5.82 Å². The second-order valence-electron chi connectivity index (χ2n) is 11.2. The van der Waals surface area contributed by atoms with Crippen LogP contribution >= 0.6 is 0 Å². The number of rotatable bonds is 17. The molecule has 1 nitrogen and oxygen atoms in total. The molecule has 0 saturated heterocycles. The molecule has 0 N–H and O–H groups in total. The maximum absolute atomic E-state index is 15.4. The zero-order valence-corrected chi connectivity index (χ0v) is 24.0. The largest absolute Gasteiger partial charge is 0.490 e. The number of benzene rings is 2. The molecule has 0 spiro atoms. The van der Waals surface area contributed by atoms with Crippen LogP contribution in [-0.4, -0.2) is 6.61 Å². The summed E-state index contributed by atoms with van der Waals surface area (Å²) < 4.78 is 96.3. The van der Waals surface area contributed by atoms with Crippen molar-refractivity contribution in [2.45, 2.75) is 123 Å². The van der Waals surface area contributed by atoms with Gasteiger partial charge in [-0.05, 0) is 49.4 Å².